The van der Waals surface area contributed by atoms with Crippen molar-refractivity contribution in [2.24, 2.45) is 0 Å². The van der Waals surface area contributed by atoms with Crippen molar-refractivity contribution in [3.63, 3.8) is 0 Å². The first-order valence-corrected chi connectivity index (χ1v) is 11.8. The first-order valence-electron chi connectivity index (χ1n) is 11.0. The molecule has 0 radical (unpaired) electrons. The van der Waals surface area contributed by atoms with E-state index in [1.54, 1.807) is 4.90 Å². The zero-order chi connectivity index (χ0) is 22.2. The Kier molecular flexibility index (Phi) is 5.73. The maximum atomic E-state index is 12.9. The summed E-state index contributed by atoms with van der Waals surface area (Å²) in [5, 5.41) is 2.35. The van der Waals surface area contributed by atoms with Crippen LogP contribution in [0.4, 0.5) is 5.69 Å². The lowest BCUT2D eigenvalue weighted by Gasteiger charge is -2.36. The molecular weight excluding hydrogens is 472 g/mol. The van der Waals surface area contributed by atoms with Gasteiger partial charge >= 0.3 is 0 Å². The van der Waals surface area contributed by atoms with Crippen LogP contribution >= 0.6 is 15.9 Å². The molecule has 8 heteroatoms. The monoisotopic (exact) mass is 496 g/mol. The number of carbonyl (C=O) groups excluding carboxylic acids is 3. The number of nitrogens with one attached hydrogen (secondary N) is 1. The van der Waals surface area contributed by atoms with E-state index in [2.05, 4.69) is 61.4 Å². The largest absolute Gasteiger partial charge is 0.369 e. The van der Waals surface area contributed by atoms with Crippen molar-refractivity contribution >= 4 is 39.3 Å². The molecule has 1 atom stereocenters. The van der Waals surface area contributed by atoms with Gasteiger partial charge in [-0.3, -0.25) is 24.6 Å². The molecule has 7 nitrogen and oxygen atoms in total. The van der Waals surface area contributed by atoms with Gasteiger partial charge in [-0.05, 0) is 47.9 Å². The fourth-order valence-electron chi connectivity index (χ4n) is 4.80. The SMILES string of the molecule is O=C1CCC(N2Cc3cc(CN4CCN(c5ccc(Br)cc5)CC4)ccc3C2=O)C(=O)N1. The fourth-order valence-corrected chi connectivity index (χ4v) is 5.06. The van der Waals surface area contributed by atoms with E-state index >= 15 is 0 Å². The summed E-state index contributed by atoms with van der Waals surface area (Å²) in [6, 6.07) is 13.9. The van der Waals surface area contributed by atoms with Crippen LogP contribution in [0.3, 0.4) is 0 Å². The Morgan fingerprint density at radius 3 is 2.44 bits per heavy atom. The number of piperazine rings is 1. The van der Waals surface area contributed by atoms with Crippen molar-refractivity contribution in [1.29, 1.82) is 0 Å². The smallest absolute Gasteiger partial charge is 0.255 e. The highest BCUT2D eigenvalue weighted by atomic mass is 79.9. The van der Waals surface area contributed by atoms with Crippen LogP contribution in [0.2, 0.25) is 0 Å². The average molecular weight is 497 g/mol. The molecule has 3 aliphatic heterocycles. The molecule has 0 bridgehead atoms. The molecule has 0 saturated carbocycles. The number of nitrogens with zero attached hydrogens (tertiary/aromatic N) is 3. The number of anilines is 1. The van der Waals surface area contributed by atoms with Gasteiger partial charge in [-0.25, -0.2) is 0 Å². The first kappa shape index (κ1) is 21.2. The molecule has 0 aliphatic carbocycles. The van der Waals surface area contributed by atoms with E-state index in [0.29, 0.717) is 18.5 Å². The Hall–Kier alpha value is -2.71. The Morgan fingerprint density at radius 2 is 1.72 bits per heavy atom. The topological polar surface area (TPSA) is 73.0 Å². The van der Waals surface area contributed by atoms with Crippen LogP contribution in [0.1, 0.15) is 34.3 Å². The van der Waals surface area contributed by atoms with Crippen LogP contribution in [0.25, 0.3) is 0 Å². The molecule has 2 saturated heterocycles. The molecule has 0 spiro atoms. The molecule has 2 fully saturated rings. The van der Waals surface area contributed by atoms with E-state index in [-0.39, 0.29) is 24.1 Å². The zero-order valence-corrected chi connectivity index (χ0v) is 19.3. The summed E-state index contributed by atoms with van der Waals surface area (Å²) in [6.45, 7) is 5.19. The minimum absolute atomic E-state index is 0.121. The van der Waals surface area contributed by atoms with Crippen molar-refractivity contribution in [3.8, 4) is 0 Å². The molecule has 3 aliphatic rings. The third-order valence-electron chi connectivity index (χ3n) is 6.56. The third kappa shape index (κ3) is 4.17. The van der Waals surface area contributed by atoms with Gasteiger partial charge < -0.3 is 9.80 Å². The predicted molar refractivity (Wildman–Crippen MR) is 124 cm³/mol. The number of piperidine rings is 1. The van der Waals surface area contributed by atoms with Gasteiger partial charge in [0.25, 0.3) is 5.91 Å². The van der Waals surface area contributed by atoms with E-state index in [9.17, 15) is 14.4 Å². The Labute approximate surface area is 195 Å². The van der Waals surface area contributed by atoms with E-state index in [4.69, 9.17) is 0 Å². The lowest BCUT2D eigenvalue weighted by Crippen LogP contribution is -2.52. The molecule has 32 heavy (non-hydrogen) atoms. The van der Waals surface area contributed by atoms with Crippen molar-refractivity contribution in [3.05, 3.63) is 63.6 Å². The molecule has 2 aromatic carbocycles. The maximum absolute atomic E-state index is 12.9. The van der Waals surface area contributed by atoms with Gasteiger partial charge in [0.1, 0.15) is 6.04 Å². The van der Waals surface area contributed by atoms with Gasteiger partial charge in [-0.15, -0.1) is 0 Å². The molecule has 3 amide bonds. The summed E-state index contributed by atoms with van der Waals surface area (Å²) in [7, 11) is 0. The summed E-state index contributed by atoms with van der Waals surface area (Å²) in [6.07, 6.45) is 0.661. The summed E-state index contributed by atoms with van der Waals surface area (Å²) in [5.41, 5.74) is 4.06. The highest BCUT2D eigenvalue weighted by Gasteiger charge is 2.39. The first-order chi connectivity index (χ1) is 15.5. The van der Waals surface area contributed by atoms with E-state index in [0.717, 1.165) is 42.8 Å². The van der Waals surface area contributed by atoms with Crippen molar-refractivity contribution < 1.29 is 14.4 Å². The number of carbonyl (C=O) groups is 3. The second-order valence-corrected chi connectivity index (χ2v) is 9.55. The normalized spacial score (nSPS) is 21.7. The van der Waals surface area contributed by atoms with Crippen LogP contribution in [-0.2, 0) is 22.7 Å². The molecule has 5 rings (SSSR count). The number of rotatable bonds is 4. The Balaban J connectivity index is 1.21. The lowest BCUT2D eigenvalue weighted by atomic mass is 10.0. The summed E-state index contributed by atoms with van der Waals surface area (Å²) in [5.74, 6) is -0.756. The summed E-state index contributed by atoms with van der Waals surface area (Å²) >= 11 is 3.49. The van der Waals surface area contributed by atoms with Gasteiger partial charge in [0.2, 0.25) is 11.8 Å². The Bertz CT molecular complexity index is 1060. The average Bonchev–Trinajstić information content (AvgIpc) is 3.10. The number of halogens is 1. The Morgan fingerprint density at radius 1 is 0.969 bits per heavy atom. The number of fused-ring (bicyclic) bond motifs is 1. The van der Waals surface area contributed by atoms with Gasteiger partial charge in [-0.2, -0.15) is 0 Å². The number of hydrogen-bond acceptors (Lipinski definition) is 5. The van der Waals surface area contributed by atoms with Crippen LogP contribution in [-0.4, -0.2) is 59.7 Å². The molecule has 1 unspecified atom stereocenters. The highest BCUT2D eigenvalue weighted by Crippen LogP contribution is 2.29. The quantitative estimate of drug-likeness (QED) is 0.658. The van der Waals surface area contributed by atoms with E-state index in [1.165, 1.54) is 11.3 Å². The lowest BCUT2D eigenvalue weighted by molar-refractivity contribution is -0.136. The molecule has 2 aromatic rings. The van der Waals surface area contributed by atoms with Gasteiger partial charge in [0.15, 0.2) is 0 Å². The molecule has 166 valence electrons. The fraction of sp³-hybridized carbons (Fsp3) is 0.375. The van der Waals surface area contributed by atoms with Crippen LogP contribution < -0.4 is 10.2 Å². The highest BCUT2D eigenvalue weighted by molar-refractivity contribution is 9.10. The minimum Gasteiger partial charge on any atom is -0.369 e. The second-order valence-electron chi connectivity index (χ2n) is 8.63. The van der Waals surface area contributed by atoms with Crippen LogP contribution in [0.5, 0.6) is 0 Å². The van der Waals surface area contributed by atoms with Gasteiger partial charge in [0, 0.05) is 61.4 Å². The second kappa shape index (κ2) is 8.67. The summed E-state index contributed by atoms with van der Waals surface area (Å²) in [4.78, 5) is 43.0. The molecule has 3 heterocycles. The van der Waals surface area contributed by atoms with Gasteiger partial charge in [-0.1, -0.05) is 28.1 Å². The third-order valence-corrected chi connectivity index (χ3v) is 7.09. The van der Waals surface area contributed by atoms with Gasteiger partial charge in [0.05, 0.1) is 0 Å². The number of hydrogen-bond donors (Lipinski definition) is 1. The molecule has 0 aromatic heterocycles. The number of benzene rings is 2. The van der Waals surface area contributed by atoms with Crippen molar-refractivity contribution in [2.75, 3.05) is 31.1 Å². The van der Waals surface area contributed by atoms with Crippen LogP contribution in [0.15, 0.2) is 46.9 Å². The standard InChI is InChI=1S/C24H25BrN4O3/c25-18-2-4-19(5-3-18)28-11-9-27(10-12-28)14-16-1-6-20-17(13-16)15-29(24(20)32)21-7-8-22(30)26-23(21)31/h1-6,13,21H,7-12,14-15H2,(H,26,30,31). The van der Waals surface area contributed by atoms with Crippen molar-refractivity contribution in [1.82, 2.24) is 15.1 Å². The number of imide groups is 1. The maximum Gasteiger partial charge on any atom is 0.255 e. The van der Waals surface area contributed by atoms with E-state index in [1.807, 2.05) is 12.1 Å². The van der Waals surface area contributed by atoms with Crippen molar-refractivity contribution in [2.45, 2.75) is 32.0 Å². The van der Waals surface area contributed by atoms with Crippen LogP contribution in [0, 0.1) is 0 Å². The molecular formula is C24H25BrN4O3. The number of amides is 3. The molecule has 1 N–H and O–H groups in total. The predicted octanol–water partition coefficient (Wildman–Crippen LogP) is 2.53. The zero-order valence-electron chi connectivity index (χ0n) is 17.7. The van der Waals surface area contributed by atoms with E-state index < -0.39 is 6.04 Å². The minimum atomic E-state index is -0.567. The summed E-state index contributed by atoms with van der Waals surface area (Å²) < 4.78 is 1.09.